The first-order valence-electron chi connectivity index (χ1n) is 8.83. The van der Waals surface area contributed by atoms with Crippen LogP contribution in [0.15, 0.2) is 29.6 Å². The highest BCUT2D eigenvalue weighted by molar-refractivity contribution is 7.10. The molecular formula is C19H21FN2O3S. The van der Waals surface area contributed by atoms with E-state index in [2.05, 4.69) is 4.98 Å². The van der Waals surface area contributed by atoms with Crippen LogP contribution in [0, 0.1) is 5.82 Å². The van der Waals surface area contributed by atoms with Crippen LogP contribution in [0.2, 0.25) is 0 Å². The van der Waals surface area contributed by atoms with Crippen molar-refractivity contribution in [1.29, 1.82) is 0 Å². The van der Waals surface area contributed by atoms with Crippen molar-refractivity contribution in [3.8, 4) is 11.3 Å². The van der Waals surface area contributed by atoms with Crippen molar-refractivity contribution in [2.75, 3.05) is 32.9 Å². The number of carbonyl (C=O) groups is 1. The molecule has 7 heteroatoms. The second kappa shape index (κ2) is 7.42. The number of halogens is 1. The molecule has 26 heavy (non-hydrogen) atoms. The van der Waals surface area contributed by atoms with E-state index in [9.17, 15) is 9.18 Å². The van der Waals surface area contributed by atoms with Crippen LogP contribution >= 0.6 is 11.3 Å². The number of carbonyl (C=O) groups excluding carboxylic acids is 1. The highest BCUT2D eigenvalue weighted by Gasteiger charge is 2.39. The SMILES string of the molecule is O=C(Cc1nc(-c2ccc(F)cc2)cs1)N1CCOC2(CCOCC2)C1. The lowest BCUT2D eigenvalue weighted by Gasteiger charge is -2.44. The number of aromatic nitrogens is 1. The molecule has 2 aliphatic rings. The summed E-state index contributed by atoms with van der Waals surface area (Å²) in [5.41, 5.74) is 1.39. The van der Waals surface area contributed by atoms with Gasteiger partial charge in [-0.15, -0.1) is 11.3 Å². The maximum atomic E-state index is 13.1. The van der Waals surface area contributed by atoms with Crippen LogP contribution in [0.4, 0.5) is 4.39 Å². The van der Waals surface area contributed by atoms with Crippen molar-refractivity contribution in [2.24, 2.45) is 0 Å². The Kier molecular flexibility index (Phi) is 5.02. The van der Waals surface area contributed by atoms with Gasteiger partial charge in [0.1, 0.15) is 10.8 Å². The number of morpholine rings is 1. The van der Waals surface area contributed by atoms with Crippen molar-refractivity contribution in [1.82, 2.24) is 9.88 Å². The van der Waals surface area contributed by atoms with Crippen LogP contribution in [0.3, 0.4) is 0 Å². The smallest absolute Gasteiger partial charge is 0.229 e. The summed E-state index contributed by atoms with van der Waals surface area (Å²) < 4.78 is 24.5. The number of amides is 1. The van der Waals surface area contributed by atoms with Gasteiger partial charge in [0.05, 0.1) is 24.3 Å². The van der Waals surface area contributed by atoms with E-state index in [1.807, 2.05) is 10.3 Å². The summed E-state index contributed by atoms with van der Waals surface area (Å²) in [6.45, 7) is 3.21. The van der Waals surface area contributed by atoms with E-state index in [1.54, 1.807) is 12.1 Å². The van der Waals surface area contributed by atoms with Gasteiger partial charge in [0, 0.05) is 50.1 Å². The molecule has 2 aliphatic heterocycles. The Balaban J connectivity index is 1.41. The van der Waals surface area contributed by atoms with Gasteiger partial charge in [-0.05, 0) is 24.3 Å². The summed E-state index contributed by atoms with van der Waals surface area (Å²) in [7, 11) is 0. The van der Waals surface area contributed by atoms with Crippen LogP contribution in [0.5, 0.6) is 0 Å². The fraction of sp³-hybridized carbons (Fsp3) is 0.474. The van der Waals surface area contributed by atoms with Crippen molar-refractivity contribution in [3.63, 3.8) is 0 Å². The molecule has 0 N–H and O–H groups in total. The second-order valence-electron chi connectivity index (χ2n) is 6.77. The van der Waals surface area contributed by atoms with Gasteiger partial charge in [-0.3, -0.25) is 4.79 Å². The molecule has 0 aliphatic carbocycles. The van der Waals surface area contributed by atoms with E-state index in [1.165, 1.54) is 23.5 Å². The lowest BCUT2D eigenvalue weighted by atomic mass is 9.92. The zero-order chi connectivity index (χ0) is 18.0. The summed E-state index contributed by atoms with van der Waals surface area (Å²) in [5, 5.41) is 2.69. The molecule has 138 valence electrons. The van der Waals surface area contributed by atoms with E-state index in [-0.39, 0.29) is 17.3 Å². The third kappa shape index (κ3) is 3.79. The molecule has 4 rings (SSSR count). The first-order valence-corrected chi connectivity index (χ1v) is 9.71. The monoisotopic (exact) mass is 376 g/mol. The van der Waals surface area contributed by atoms with Gasteiger partial charge in [0.2, 0.25) is 5.91 Å². The molecule has 2 saturated heterocycles. The van der Waals surface area contributed by atoms with Gasteiger partial charge in [-0.2, -0.15) is 0 Å². The minimum Gasteiger partial charge on any atom is -0.381 e. The number of rotatable bonds is 3. The third-order valence-electron chi connectivity index (χ3n) is 5.00. The highest BCUT2D eigenvalue weighted by atomic mass is 32.1. The fourth-order valence-corrected chi connectivity index (χ4v) is 4.28. The molecule has 0 atom stereocenters. The van der Waals surface area contributed by atoms with E-state index < -0.39 is 0 Å². The van der Waals surface area contributed by atoms with E-state index in [0.717, 1.165) is 29.1 Å². The number of hydrogen-bond donors (Lipinski definition) is 0. The number of hydrogen-bond acceptors (Lipinski definition) is 5. The zero-order valence-corrected chi connectivity index (χ0v) is 15.3. The maximum Gasteiger partial charge on any atom is 0.229 e. The van der Waals surface area contributed by atoms with Gasteiger partial charge in [-0.1, -0.05) is 0 Å². The Labute approximate surface area is 155 Å². The lowest BCUT2D eigenvalue weighted by Crippen LogP contribution is -2.56. The molecule has 0 bridgehead atoms. The second-order valence-corrected chi connectivity index (χ2v) is 7.71. The summed E-state index contributed by atoms with van der Waals surface area (Å²) in [6.07, 6.45) is 1.96. The normalized spacial score (nSPS) is 19.7. The first-order chi connectivity index (χ1) is 12.6. The predicted octanol–water partition coefficient (Wildman–Crippen LogP) is 2.90. The van der Waals surface area contributed by atoms with Gasteiger partial charge in [-0.25, -0.2) is 9.37 Å². The van der Waals surface area contributed by atoms with Crippen LogP contribution in [0.25, 0.3) is 11.3 Å². The molecule has 0 radical (unpaired) electrons. The van der Waals surface area contributed by atoms with E-state index in [4.69, 9.17) is 9.47 Å². The summed E-state index contributed by atoms with van der Waals surface area (Å²) >= 11 is 1.46. The van der Waals surface area contributed by atoms with E-state index >= 15 is 0 Å². The number of ether oxygens (including phenoxy) is 2. The van der Waals surface area contributed by atoms with Crippen LogP contribution < -0.4 is 0 Å². The number of benzene rings is 1. The Morgan fingerprint density at radius 1 is 1.23 bits per heavy atom. The van der Waals surface area contributed by atoms with Crippen LogP contribution in [-0.4, -0.2) is 54.3 Å². The van der Waals surface area contributed by atoms with Crippen LogP contribution in [-0.2, 0) is 20.7 Å². The molecule has 5 nitrogen and oxygen atoms in total. The summed E-state index contributed by atoms with van der Waals surface area (Å²) in [6, 6.07) is 6.24. The third-order valence-corrected chi connectivity index (χ3v) is 5.85. The Hall–Kier alpha value is -1.83. The van der Waals surface area contributed by atoms with Gasteiger partial charge < -0.3 is 14.4 Å². The average molecular weight is 376 g/mol. The molecule has 3 heterocycles. The lowest BCUT2D eigenvalue weighted by molar-refractivity contribution is -0.167. The van der Waals surface area contributed by atoms with Gasteiger partial charge in [0.25, 0.3) is 0 Å². The molecule has 2 aromatic rings. The molecule has 1 amide bonds. The predicted molar refractivity (Wildman–Crippen MR) is 96.5 cm³/mol. The van der Waals surface area contributed by atoms with Crippen molar-refractivity contribution in [3.05, 3.63) is 40.5 Å². The summed E-state index contributed by atoms with van der Waals surface area (Å²) in [4.78, 5) is 19.2. The minimum absolute atomic E-state index is 0.0826. The zero-order valence-electron chi connectivity index (χ0n) is 14.4. The molecule has 1 aromatic carbocycles. The molecule has 0 unspecified atom stereocenters. The molecule has 1 spiro atoms. The molecular weight excluding hydrogens is 355 g/mol. The number of nitrogens with zero attached hydrogens (tertiary/aromatic N) is 2. The van der Waals surface area contributed by atoms with Gasteiger partial charge in [0.15, 0.2) is 0 Å². The van der Waals surface area contributed by atoms with Crippen molar-refractivity contribution < 1.29 is 18.7 Å². The Morgan fingerprint density at radius 3 is 2.77 bits per heavy atom. The molecule has 2 fully saturated rings. The number of thiazole rings is 1. The van der Waals surface area contributed by atoms with E-state index in [0.29, 0.717) is 39.3 Å². The Morgan fingerprint density at radius 2 is 2.00 bits per heavy atom. The highest BCUT2D eigenvalue weighted by Crippen LogP contribution is 2.29. The topological polar surface area (TPSA) is 51.7 Å². The quantitative estimate of drug-likeness (QED) is 0.827. The minimum atomic E-state index is -0.270. The Bertz CT molecular complexity index is 766. The largest absolute Gasteiger partial charge is 0.381 e. The van der Waals surface area contributed by atoms with Crippen molar-refractivity contribution >= 4 is 17.2 Å². The van der Waals surface area contributed by atoms with Crippen LogP contribution in [0.1, 0.15) is 17.8 Å². The van der Waals surface area contributed by atoms with Crippen molar-refractivity contribution in [2.45, 2.75) is 24.9 Å². The van der Waals surface area contributed by atoms with Gasteiger partial charge >= 0.3 is 0 Å². The average Bonchev–Trinajstić information content (AvgIpc) is 3.11. The maximum absolute atomic E-state index is 13.1. The molecule has 1 aromatic heterocycles. The standard InChI is InChI=1S/C19H21FN2O3S/c20-15-3-1-14(2-4-15)16-12-26-17(21-16)11-18(23)22-7-10-25-19(13-22)5-8-24-9-6-19/h1-4,12H,5-11,13H2. The summed E-state index contributed by atoms with van der Waals surface area (Å²) in [5.74, 6) is -0.187. The fourth-order valence-electron chi connectivity index (χ4n) is 3.49. The molecule has 0 saturated carbocycles. The first kappa shape index (κ1) is 17.6.